The molecule has 0 bridgehead atoms. The van der Waals surface area contributed by atoms with Gasteiger partial charge in [0.2, 0.25) is 5.78 Å². The second-order valence-corrected chi connectivity index (χ2v) is 6.10. The van der Waals surface area contributed by atoms with Gasteiger partial charge in [-0.15, -0.1) is 0 Å². The molecule has 0 saturated heterocycles. The van der Waals surface area contributed by atoms with Crippen LogP contribution < -0.4 is 0 Å². The fourth-order valence-corrected chi connectivity index (χ4v) is 2.80. The largest absolute Gasteiger partial charge is 0.450 e. The van der Waals surface area contributed by atoms with Gasteiger partial charge in [0.25, 0.3) is 0 Å². The van der Waals surface area contributed by atoms with Crippen molar-refractivity contribution >= 4 is 34.9 Å². The van der Waals surface area contributed by atoms with E-state index in [9.17, 15) is 22.8 Å². The molecule has 2 aromatic rings. The molecule has 0 aliphatic carbocycles. The summed E-state index contributed by atoms with van der Waals surface area (Å²) in [5.74, 6) is -2.90. The molecule has 7 heteroatoms. The molecule has 0 N–H and O–H groups in total. The fourth-order valence-electron chi connectivity index (χ4n) is 1.71. The lowest BCUT2D eigenvalue weighted by molar-refractivity contribution is -0.170. The number of carbonyl (C=O) groups is 2. The number of hydrogen-bond donors (Lipinski definition) is 0. The molecule has 0 aromatic heterocycles. The Morgan fingerprint density at radius 1 is 1.00 bits per heavy atom. The van der Waals surface area contributed by atoms with Crippen molar-refractivity contribution in [3.05, 3.63) is 59.1 Å². The van der Waals surface area contributed by atoms with Gasteiger partial charge < -0.3 is 0 Å². The molecule has 2 rings (SSSR count). The summed E-state index contributed by atoms with van der Waals surface area (Å²) < 4.78 is 36.5. The van der Waals surface area contributed by atoms with Gasteiger partial charge in [-0.2, -0.15) is 13.2 Å². The van der Waals surface area contributed by atoms with Crippen molar-refractivity contribution in [1.29, 1.82) is 0 Å². The number of rotatable bonds is 5. The number of benzene rings is 2. The number of Topliss-reactive ketones (excluding diaryl/α,β-unsaturated/α-hetero) is 2. The van der Waals surface area contributed by atoms with E-state index in [0.717, 1.165) is 9.79 Å². The van der Waals surface area contributed by atoms with Gasteiger partial charge in [0.15, 0.2) is 5.78 Å². The molecule has 23 heavy (non-hydrogen) atoms. The average Bonchev–Trinajstić information content (AvgIpc) is 2.49. The van der Waals surface area contributed by atoms with Crippen LogP contribution in [0.3, 0.4) is 0 Å². The van der Waals surface area contributed by atoms with Gasteiger partial charge in [-0.3, -0.25) is 9.59 Å². The maximum atomic E-state index is 12.2. The minimum absolute atomic E-state index is 0.0612. The molecule has 0 spiro atoms. The van der Waals surface area contributed by atoms with Gasteiger partial charge in [0.1, 0.15) is 0 Å². The highest BCUT2D eigenvalue weighted by Gasteiger charge is 2.39. The Bertz CT molecular complexity index is 727. The Morgan fingerprint density at radius 3 is 2.17 bits per heavy atom. The molecule has 0 unspecified atom stereocenters. The molecule has 120 valence electrons. The average molecular weight is 359 g/mol. The Morgan fingerprint density at radius 2 is 1.61 bits per heavy atom. The first-order valence-corrected chi connectivity index (χ1v) is 7.62. The Labute approximate surface area is 139 Å². The predicted octanol–water partition coefficient (Wildman–Crippen LogP) is 5.20. The van der Waals surface area contributed by atoms with E-state index in [2.05, 4.69) is 0 Å². The number of halogens is 4. The smallest absolute Gasteiger partial charge is 0.294 e. The van der Waals surface area contributed by atoms with Crippen LogP contribution in [0.5, 0.6) is 0 Å². The second-order valence-electron chi connectivity index (χ2n) is 4.58. The molecule has 0 aliphatic rings. The molecule has 0 radical (unpaired) electrons. The van der Waals surface area contributed by atoms with Crippen molar-refractivity contribution in [2.45, 2.75) is 22.4 Å². The third-order valence-corrected chi connectivity index (χ3v) is 4.40. The molecular formula is C16H10ClF3O2S. The topological polar surface area (TPSA) is 34.1 Å². The summed E-state index contributed by atoms with van der Waals surface area (Å²) in [6.07, 6.45) is -6.17. The molecule has 0 aliphatic heterocycles. The first kappa shape index (κ1) is 17.6. The normalized spacial score (nSPS) is 11.3. The molecule has 0 amide bonds. The standard InChI is InChI=1S/C16H10ClF3O2S/c17-12-3-1-2-4-14(12)23-11-7-5-10(6-8-11)13(21)9-15(22)16(18,19)20/h1-8H,9H2. The SMILES string of the molecule is O=C(CC(=O)C(F)(F)F)c1ccc(Sc2ccccc2Cl)cc1. The van der Waals surface area contributed by atoms with Crippen LogP contribution in [0.15, 0.2) is 58.3 Å². The van der Waals surface area contributed by atoms with Gasteiger partial charge in [-0.05, 0) is 24.3 Å². The lowest BCUT2D eigenvalue weighted by Crippen LogP contribution is -2.25. The van der Waals surface area contributed by atoms with E-state index in [-0.39, 0.29) is 5.56 Å². The number of ketones is 2. The van der Waals surface area contributed by atoms with Crippen LogP contribution in [0, 0.1) is 0 Å². The summed E-state index contributed by atoms with van der Waals surface area (Å²) in [5, 5.41) is 0.577. The highest BCUT2D eigenvalue weighted by Crippen LogP contribution is 2.33. The quantitative estimate of drug-likeness (QED) is 0.544. The van der Waals surface area contributed by atoms with Gasteiger partial charge in [-0.1, -0.05) is 47.6 Å². The van der Waals surface area contributed by atoms with Crippen molar-refractivity contribution in [3.63, 3.8) is 0 Å². The van der Waals surface area contributed by atoms with Crippen LogP contribution in [-0.2, 0) is 4.79 Å². The molecule has 0 saturated carbocycles. The number of alkyl halides is 3. The van der Waals surface area contributed by atoms with Crippen molar-refractivity contribution in [3.8, 4) is 0 Å². The molecular weight excluding hydrogens is 349 g/mol. The molecule has 0 atom stereocenters. The van der Waals surface area contributed by atoms with Crippen LogP contribution in [0.4, 0.5) is 13.2 Å². The number of carbonyl (C=O) groups excluding carboxylic acids is 2. The summed E-state index contributed by atoms with van der Waals surface area (Å²) in [5.41, 5.74) is 0.0612. The van der Waals surface area contributed by atoms with Crippen LogP contribution in [0.25, 0.3) is 0 Å². The van der Waals surface area contributed by atoms with Gasteiger partial charge in [-0.25, -0.2) is 0 Å². The zero-order chi connectivity index (χ0) is 17.0. The third-order valence-electron chi connectivity index (χ3n) is 2.88. The Balaban J connectivity index is 2.06. The Kier molecular flexibility index (Phi) is 5.49. The highest BCUT2D eigenvalue weighted by atomic mass is 35.5. The minimum Gasteiger partial charge on any atom is -0.294 e. The first-order valence-electron chi connectivity index (χ1n) is 6.43. The van der Waals surface area contributed by atoms with Crippen molar-refractivity contribution in [2.24, 2.45) is 0 Å². The maximum Gasteiger partial charge on any atom is 0.450 e. The summed E-state index contributed by atoms with van der Waals surface area (Å²) in [6.45, 7) is 0. The fraction of sp³-hybridized carbons (Fsp3) is 0.125. The van der Waals surface area contributed by atoms with E-state index >= 15 is 0 Å². The lowest BCUT2D eigenvalue weighted by Gasteiger charge is -2.06. The first-order chi connectivity index (χ1) is 10.8. The van der Waals surface area contributed by atoms with Crippen molar-refractivity contribution in [2.75, 3.05) is 0 Å². The minimum atomic E-state index is -4.99. The predicted molar refractivity (Wildman–Crippen MR) is 82.0 cm³/mol. The van der Waals surface area contributed by atoms with Gasteiger partial charge in [0, 0.05) is 15.4 Å². The van der Waals surface area contributed by atoms with Crippen LogP contribution in [0.1, 0.15) is 16.8 Å². The molecule has 2 nitrogen and oxygen atoms in total. The van der Waals surface area contributed by atoms with E-state index < -0.39 is 24.2 Å². The second kappa shape index (κ2) is 7.19. The maximum absolute atomic E-state index is 12.2. The highest BCUT2D eigenvalue weighted by molar-refractivity contribution is 7.99. The molecule has 0 fully saturated rings. The van der Waals surface area contributed by atoms with Crippen LogP contribution in [-0.4, -0.2) is 17.7 Å². The zero-order valence-corrected chi connectivity index (χ0v) is 13.1. The molecule has 2 aromatic carbocycles. The van der Waals surface area contributed by atoms with E-state index in [4.69, 9.17) is 11.6 Å². The molecule has 0 heterocycles. The van der Waals surface area contributed by atoms with Gasteiger partial charge in [0.05, 0.1) is 11.4 Å². The summed E-state index contributed by atoms with van der Waals surface area (Å²) in [6, 6.07) is 13.2. The zero-order valence-electron chi connectivity index (χ0n) is 11.6. The lowest BCUT2D eigenvalue weighted by atomic mass is 10.1. The van der Waals surface area contributed by atoms with Crippen LogP contribution in [0.2, 0.25) is 5.02 Å². The van der Waals surface area contributed by atoms with E-state index in [1.165, 1.54) is 23.9 Å². The van der Waals surface area contributed by atoms with E-state index in [0.29, 0.717) is 5.02 Å². The Hall–Kier alpha value is -1.79. The third kappa shape index (κ3) is 4.84. The summed E-state index contributed by atoms with van der Waals surface area (Å²) in [7, 11) is 0. The van der Waals surface area contributed by atoms with E-state index in [1.807, 2.05) is 12.1 Å². The van der Waals surface area contributed by atoms with Crippen molar-refractivity contribution < 1.29 is 22.8 Å². The van der Waals surface area contributed by atoms with Crippen molar-refractivity contribution in [1.82, 2.24) is 0 Å². The monoisotopic (exact) mass is 358 g/mol. The number of hydrogen-bond acceptors (Lipinski definition) is 3. The van der Waals surface area contributed by atoms with E-state index in [1.54, 1.807) is 24.3 Å². The summed E-state index contributed by atoms with van der Waals surface area (Å²) in [4.78, 5) is 24.1. The summed E-state index contributed by atoms with van der Waals surface area (Å²) >= 11 is 7.40. The van der Waals surface area contributed by atoms with Gasteiger partial charge >= 0.3 is 6.18 Å². The van der Waals surface area contributed by atoms with Crippen LogP contribution >= 0.6 is 23.4 Å².